The molecule has 0 aliphatic carbocycles. The molecule has 8 nitrogen and oxygen atoms in total. The molecule has 0 aromatic heterocycles. The normalized spacial score (nSPS) is 14.8. The first kappa shape index (κ1) is 23.0. The van der Waals surface area contributed by atoms with Crippen molar-refractivity contribution in [2.45, 2.75) is 11.4 Å². The Morgan fingerprint density at radius 3 is 2.24 bits per heavy atom. The monoisotopic (exact) mass is 486 g/mol. The number of anilines is 2. The van der Waals surface area contributed by atoms with Crippen LogP contribution in [0.4, 0.5) is 17.1 Å². The molecular formula is C23H23ClN4O4S. The summed E-state index contributed by atoms with van der Waals surface area (Å²) in [5.41, 5.74) is 2.24. The van der Waals surface area contributed by atoms with Crippen LogP contribution in [0.1, 0.15) is 5.56 Å². The topological polar surface area (TPSA) is 95.8 Å². The molecule has 0 bridgehead atoms. The summed E-state index contributed by atoms with van der Waals surface area (Å²) in [6.45, 7) is 2.03. The average molecular weight is 487 g/mol. The number of benzene rings is 3. The molecule has 172 valence electrons. The summed E-state index contributed by atoms with van der Waals surface area (Å²) in [6, 6.07) is 20.7. The Hall–Kier alpha value is -3.14. The van der Waals surface area contributed by atoms with Crippen LogP contribution in [0.5, 0.6) is 0 Å². The molecule has 0 radical (unpaired) electrons. The van der Waals surface area contributed by atoms with Gasteiger partial charge in [0, 0.05) is 49.5 Å². The van der Waals surface area contributed by atoms with Gasteiger partial charge in [0.2, 0.25) is 10.0 Å². The van der Waals surface area contributed by atoms with E-state index in [1.807, 2.05) is 35.2 Å². The molecule has 1 aliphatic rings. The summed E-state index contributed by atoms with van der Waals surface area (Å²) in [4.78, 5) is 13.3. The van der Waals surface area contributed by atoms with Crippen LogP contribution in [-0.4, -0.2) is 43.8 Å². The summed E-state index contributed by atoms with van der Waals surface area (Å²) in [7, 11) is -3.60. The second-order valence-corrected chi connectivity index (χ2v) is 10.0. The van der Waals surface area contributed by atoms with Gasteiger partial charge in [-0.25, -0.2) is 8.42 Å². The maximum Gasteiger partial charge on any atom is 0.292 e. The van der Waals surface area contributed by atoms with Crippen LogP contribution in [0.2, 0.25) is 5.02 Å². The third-order valence-electron chi connectivity index (χ3n) is 5.56. The number of halogens is 1. The highest BCUT2D eigenvalue weighted by molar-refractivity contribution is 7.89. The minimum atomic E-state index is -3.60. The molecule has 10 heteroatoms. The first-order valence-electron chi connectivity index (χ1n) is 10.4. The zero-order valence-electron chi connectivity index (χ0n) is 17.7. The molecule has 0 spiro atoms. The summed E-state index contributed by atoms with van der Waals surface area (Å²) >= 11 is 5.87. The van der Waals surface area contributed by atoms with Gasteiger partial charge in [-0.3, -0.25) is 10.1 Å². The highest BCUT2D eigenvalue weighted by Crippen LogP contribution is 2.31. The molecule has 0 saturated carbocycles. The minimum absolute atomic E-state index is 0.00127. The van der Waals surface area contributed by atoms with E-state index in [0.29, 0.717) is 43.4 Å². The quantitative estimate of drug-likeness (QED) is 0.393. The molecular weight excluding hydrogens is 464 g/mol. The molecule has 1 fully saturated rings. The van der Waals surface area contributed by atoms with E-state index in [4.69, 9.17) is 11.6 Å². The Labute approximate surface area is 197 Å². The molecule has 0 atom stereocenters. The number of hydrogen-bond donors (Lipinski definition) is 1. The van der Waals surface area contributed by atoms with Crippen molar-refractivity contribution in [2.24, 2.45) is 0 Å². The number of nitrogens with zero attached hydrogens (tertiary/aromatic N) is 3. The smallest absolute Gasteiger partial charge is 0.292 e. The molecule has 1 aliphatic heterocycles. The minimum Gasteiger partial charge on any atom is -0.375 e. The molecule has 3 aromatic carbocycles. The van der Waals surface area contributed by atoms with Crippen LogP contribution in [-0.2, 0) is 16.6 Å². The molecule has 1 N–H and O–H groups in total. The first-order valence-corrected chi connectivity index (χ1v) is 12.2. The predicted octanol–water partition coefficient (Wildman–Crippen LogP) is 4.37. The number of nitro groups is 1. The van der Waals surface area contributed by atoms with E-state index in [2.05, 4.69) is 5.32 Å². The number of rotatable bonds is 7. The van der Waals surface area contributed by atoms with Crippen LogP contribution in [0.15, 0.2) is 77.7 Å². The Morgan fingerprint density at radius 2 is 1.61 bits per heavy atom. The van der Waals surface area contributed by atoms with Crippen LogP contribution in [0.3, 0.4) is 0 Å². The lowest BCUT2D eigenvalue weighted by Gasteiger charge is -2.35. The van der Waals surface area contributed by atoms with Gasteiger partial charge < -0.3 is 10.2 Å². The zero-order chi connectivity index (χ0) is 23.4. The summed E-state index contributed by atoms with van der Waals surface area (Å²) in [5.74, 6) is 0. The van der Waals surface area contributed by atoms with E-state index >= 15 is 0 Å². The van der Waals surface area contributed by atoms with Gasteiger partial charge in [-0.15, -0.1) is 0 Å². The first-order chi connectivity index (χ1) is 15.8. The van der Waals surface area contributed by atoms with Gasteiger partial charge in [-0.05, 0) is 42.0 Å². The highest BCUT2D eigenvalue weighted by atomic mass is 35.5. The van der Waals surface area contributed by atoms with Crippen molar-refractivity contribution in [3.05, 3.63) is 93.5 Å². The van der Waals surface area contributed by atoms with Crippen molar-refractivity contribution < 1.29 is 13.3 Å². The molecule has 1 heterocycles. The largest absolute Gasteiger partial charge is 0.375 e. The second-order valence-electron chi connectivity index (χ2n) is 7.64. The molecule has 0 amide bonds. The summed E-state index contributed by atoms with van der Waals surface area (Å²) in [5, 5.41) is 15.1. The number of nitrogens with one attached hydrogen (secondary N) is 1. The average Bonchev–Trinajstić information content (AvgIpc) is 2.83. The van der Waals surface area contributed by atoms with Gasteiger partial charge in [-0.1, -0.05) is 41.9 Å². The van der Waals surface area contributed by atoms with E-state index in [1.54, 1.807) is 24.3 Å². The van der Waals surface area contributed by atoms with Crippen LogP contribution >= 0.6 is 11.6 Å². The van der Waals surface area contributed by atoms with Crippen LogP contribution < -0.4 is 10.2 Å². The SMILES string of the molecule is O=[N+]([O-])c1ccc(N2CCN(S(=O)(=O)c3ccc(Cl)cc3)CC2)cc1NCc1ccccc1. The third kappa shape index (κ3) is 5.27. The number of piperazine rings is 1. The Balaban J connectivity index is 1.47. The van der Waals surface area contributed by atoms with E-state index in [-0.39, 0.29) is 10.6 Å². The van der Waals surface area contributed by atoms with Crippen molar-refractivity contribution in [3.8, 4) is 0 Å². The summed E-state index contributed by atoms with van der Waals surface area (Å²) in [6.07, 6.45) is 0. The summed E-state index contributed by atoms with van der Waals surface area (Å²) < 4.78 is 27.3. The maximum absolute atomic E-state index is 12.9. The zero-order valence-corrected chi connectivity index (χ0v) is 19.3. The Kier molecular flexibility index (Phi) is 6.83. The fraction of sp³-hybridized carbons (Fsp3) is 0.217. The third-order valence-corrected chi connectivity index (χ3v) is 7.72. The van der Waals surface area contributed by atoms with Crippen molar-refractivity contribution in [2.75, 3.05) is 36.4 Å². The van der Waals surface area contributed by atoms with E-state index in [9.17, 15) is 18.5 Å². The van der Waals surface area contributed by atoms with Crippen molar-refractivity contribution in [3.63, 3.8) is 0 Å². The lowest BCUT2D eigenvalue weighted by Crippen LogP contribution is -2.48. The standard InChI is InChI=1S/C23H23ClN4O4S/c24-19-6-9-21(10-7-19)33(31,32)27-14-12-26(13-15-27)20-8-11-23(28(29)30)22(16-20)25-17-18-4-2-1-3-5-18/h1-11,16,25H,12-15,17H2. The van der Waals surface area contributed by atoms with Gasteiger partial charge >= 0.3 is 0 Å². The van der Waals surface area contributed by atoms with Crippen molar-refractivity contribution >= 4 is 38.7 Å². The van der Waals surface area contributed by atoms with Gasteiger partial charge in [0.05, 0.1) is 9.82 Å². The van der Waals surface area contributed by atoms with E-state index in [0.717, 1.165) is 11.3 Å². The van der Waals surface area contributed by atoms with Crippen LogP contribution in [0, 0.1) is 10.1 Å². The van der Waals surface area contributed by atoms with Crippen molar-refractivity contribution in [1.82, 2.24) is 4.31 Å². The number of nitro benzene ring substituents is 1. The fourth-order valence-electron chi connectivity index (χ4n) is 3.76. The van der Waals surface area contributed by atoms with E-state index in [1.165, 1.54) is 22.5 Å². The molecule has 0 unspecified atom stereocenters. The fourth-order valence-corrected chi connectivity index (χ4v) is 5.31. The Morgan fingerprint density at radius 1 is 0.939 bits per heavy atom. The number of hydrogen-bond acceptors (Lipinski definition) is 6. The molecule has 3 aromatic rings. The molecule has 33 heavy (non-hydrogen) atoms. The number of sulfonamides is 1. The second kappa shape index (κ2) is 9.78. The van der Waals surface area contributed by atoms with Gasteiger partial charge in [0.15, 0.2) is 0 Å². The van der Waals surface area contributed by atoms with Gasteiger partial charge in [-0.2, -0.15) is 4.31 Å². The van der Waals surface area contributed by atoms with Gasteiger partial charge in [0.1, 0.15) is 5.69 Å². The lowest BCUT2D eigenvalue weighted by atomic mass is 10.2. The molecule has 4 rings (SSSR count). The van der Waals surface area contributed by atoms with Crippen molar-refractivity contribution in [1.29, 1.82) is 0 Å². The maximum atomic E-state index is 12.9. The Bertz CT molecular complexity index is 1230. The van der Waals surface area contributed by atoms with Crippen LogP contribution in [0.25, 0.3) is 0 Å². The molecule has 1 saturated heterocycles. The van der Waals surface area contributed by atoms with Gasteiger partial charge in [0.25, 0.3) is 5.69 Å². The van der Waals surface area contributed by atoms with E-state index < -0.39 is 14.9 Å². The predicted molar refractivity (Wildman–Crippen MR) is 129 cm³/mol. The lowest BCUT2D eigenvalue weighted by molar-refractivity contribution is -0.384. The highest BCUT2D eigenvalue weighted by Gasteiger charge is 2.29.